The molecule has 184 valence electrons. The Labute approximate surface area is 210 Å². The Morgan fingerprint density at radius 3 is 2.74 bits per heavy atom. The molecule has 3 N–H and O–H groups in total. The van der Waals surface area contributed by atoms with Gasteiger partial charge in [0.25, 0.3) is 11.8 Å². The summed E-state index contributed by atoms with van der Waals surface area (Å²) in [5, 5.41) is 3.17. The fourth-order valence-electron chi connectivity index (χ4n) is 4.62. The van der Waals surface area contributed by atoms with Gasteiger partial charge < -0.3 is 20.5 Å². The molecule has 4 rings (SSSR count). The Morgan fingerprint density at radius 1 is 1.20 bits per heavy atom. The summed E-state index contributed by atoms with van der Waals surface area (Å²) in [5.74, 6) is 0.985. The minimum absolute atomic E-state index is 0.100. The summed E-state index contributed by atoms with van der Waals surface area (Å²) in [4.78, 5) is 37.4. The fourth-order valence-corrected chi connectivity index (χ4v) is 4.70. The molecule has 2 aromatic carbocycles. The van der Waals surface area contributed by atoms with Gasteiger partial charge in [0.05, 0.1) is 34.1 Å². The number of halogens is 1. The Balaban J connectivity index is 1.65. The van der Waals surface area contributed by atoms with Crippen LogP contribution < -0.4 is 11.1 Å². The lowest BCUT2D eigenvalue weighted by atomic mass is 10.0. The van der Waals surface area contributed by atoms with Gasteiger partial charge in [-0.1, -0.05) is 24.3 Å². The zero-order valence-corrected chi connectivity index (χ0v) is 20.9. The van der Waals surface area contributed by atoms with Crippen LogP contribution in [0.25, 0.3) is 11.0 Å². The molecule has 8 nitrogen and oxygen atoms in total. The van der Waals surface area contributed by atoms with E-state index in [1.807, 2.05) is 43.3 Å². The van der Waals surface area contributed by atoms with Crippen LogP contribution in [-0.4, -0.2) is 51.1 Å². The van der Waals surface area contributed by atoms with Crippen molar-refractivity contribution in [3.8, 4) is 0 Å². The Kier molecular flexibility index (Phi) is 7.70. The number of nitrogens with zero attached hydrogens (tertiary/aromatic N) is 4. The molecule has 0 unspecified atom stereocenters. The maximum atomic E-state index is 13.5. The third-order valence-corrected chi connectivity index (χ3v) is 6.63. The Hall–Kier alpha value is -3.39. The molecule has 35 heavy (non-hydrogen) atoms. The number of carbonyl (C=O) groups is 2. The topological polar surface area (TPSA) is 106 Å². The number of hydrogen-bond acceptors (Lipinski definition) is 4. The van der Waals surface area contributed by atoms with E-state index in [1.54, 1.807) is 11.0 Å². The number of nitrogens with one attached hydrogen (secondary N) is 1. The fraction of sp³-hybridized carbons (Fsp3) is 0.385. The molecule has 0 aliphatic carbocycles. The van der Waals surface area contributed by atoms with Crippen LogP contribution in [0.3, 0.4) is 0 Å². The molecule has 3 aromatic rings. The molecular formula is C26H31ClN6O2. The maximum Gasteiger partial charge on any atom is 0.255 e. The van der Waals surface area contributed by atoms with Crippen LogP contribution in [0.2, 0.25) is 0 Å². The molecule has 2 heterocycles. The summed E-state index contributed by atoms with van der Waals surface area (Å²) in [6.07, 6.45) is 1.29. The van der Waals surface area contributed by atoms with Crippen molar-refractivity contribution in [3.63, 3.8) is 0 Å². The van der Waals surface area contributed by atoms with Crippen LogP contribution in [0, 0.1) is 0 Å². The number of nitrogens with two attached hydrogens (primary N) is 1. The van der Waals surface area contributed by atoms with Crippen molar-refractivity contribution in [2.24, 2.45) is 10.7 Å². The highest BCUT2D eigenvalue weighted by Gasteiger charge is 2.32. The lowest BCUT2D eigenvalue weighted by Gasteiger charge is -2.20. The zero-order valence-electron chi connectivity index (χ0n) is 20.1. The van der Waals surface area contributed by atoms with Crippen LogP contribution in [0.5, 0.6) is 0 Å². The SMILES string of the molecule is CCN1Cc2cccc(C(=O)N[C@@H](CCCN=C(N)CCl)c3nc4ccccc4n3CC)c2C1=O. The van der Waals surface area contributed by atoms with Crippen LogP contribution in [0.1, 0.15) is 64.8 Å². The molecule has 1 aliphatic heterocycles. The van der Waals surface area contributed by atoms with E-state index in [0.29, 0.717) is 56.0 Å². The van der Waals surface area contributed by atoms with Gasteiger partial charge in [-0.05, 0) is 50.5 Å². The van der Waals surface area contributed by atoms with Gasteiger partial charge in [-0.25, -0.2) is 4.98 Å². The second-order valence-electron chi connectivity index (χ2n) is 8.54. The van der Waals surface area contributed by atoms with Crippen molar-refractivity contribution >= 4 is 40.3 Å². The van der Waals surface area contributed by atoms with Gasteiger partial charge in [0.15, 0.2) is 0 Å². The second kappa shape index (κ2) is 10.9. The predicted molar refractivity (Wildman–Crippen MR) is 139 cm³/mol. The van der Waals surface area contributed by atoms with E-state index >= 15 is 0 Å². The lowest BCUT2D eigenvalue weighted by Crippen LogP contribution is -2.32. The summed E-state index contributed by atoms with van der Waals surface area (Å²) in [7, 11) is 0. The highest BCUT2D eigenvalue weighted by atomic mass is 35.5. The highest BCUT2D eigenvalue weighted by molar-refractivity contribution is 6.27. The first-order chi connectivity index (χ1) is 17.0. The Bertz CT molecular complexity index is 1270. The zero-order chi connectivity index (χ0) is 24.9. The predicted octanol–water partition coefficient (Wildman–Crippen LogP) is 3.88. The quantitative estimate of drug-likeness (QED) is 0.193. The number of imidazole rings is 1. The standard InChI is InChI=1S/C26H31ClN6O2/c1-3-32-16-17-9-7-10-18(23(17)26(32)35)25(34)31-20(12-8-14-29-22(28)15-27)24-30-19-11-5-6-13-21(19)33(24)4-2/h5-7,9-11,13,20H,3-4,8,12,14-16H2,1-2H3,(H2,28,29)(H,31,34)/t20-/m0/s1. The molecule has 1 aliphatic rings. The summed E-state index contributed by atoms with van der Waals surface area (Å²) in [6, 6.07) is 13.0. The number of benzene rings is 2. The molecular weight excluding hydrogens is 464 g/mol. The normalized spacial score (nSPS) is 14.4. The highest BCUT2D eigenvalue weighted by Crippen LogP contribution is 2.28. The van der Waals surface area contributed by atoms with Crippen molar-refractivity contribution in [1.82, 2.24) is 19.8 Å². The van der Waals surface area contributed by atoms with E-state index in [-0.39, 0.29) is 23.7 Å². The number of alkyl halides is 1. The number of hydrogen-bond donors (Lipinski definition) is 2. The summed E-state index contributed by atoms with van der Waals surface area (Å²) >= 11 is 5.73. The molecule has 0 radical (unpaired) electrons. The summed E-state index contributed by atoms with van der Waals surface area (Å²) in [5.41, 5.74) is 9.41. The van der Waals surface area contributed by atoms with E-state index in [9.17, 15) is 9.59 Å². The molecule has 1 aromatic heterocycles. The van der Waals surface area contributed by atoms with E-state index in [1.165, 1.54) is 0 Å². The molecule has 2 amide bonds. The third-order valence-electron chi connectivity index (χ3n) is 6.36. The number of amidine groups is 1. The van der Waals surface area contributed by atoms with Gasteiger partial charge in [-0.2, -0.15) is 0 Å². The lowest BCUT2D eigenvalue weighted by molar-refractivity contribution is 0.0780. The first-order valence-corrected chi connectivity index (χ1v) is 12.5. The summed E-state index contributed by atoms with van der Waals surface area (Å²) < 4.78 is 2.12. The van der Waals surface area contributed by atoms with Crippen LogP contribution in [0.15, 0.2) is 47.5 Å². The van der Waals surface area contributed by atoms with Gasteiger partial charge in [0.2, 0.25) is 0 Å². The van der Waals surface area contributed by atoms with Crippen molar-refractivity contribution in [3.05, 3.63) is 65.0 Å². The summed E-state index contributed by atoms with van der Waals surface area (Å²) in [6.45, 7) is 6.34. The van der Waals surface area contributed by atoms with Gasteiger partial charge in [0, 0.05) is 26.2 Å². The molecule has 9 heteroatoms. The van der Waals surface area contributed by atoms with Gasteiger partial charge in [0.1, 0.15) is 11.7 Å². The van der Waals surface area contributed by atoms with E-state index in [4.69, 9.17) is 22.3 Å². The molecule has 0 fully saturated rings. The monoisotopic (exact) mass is 494 g/mol. The first-order valence-electron chi connectivity index (χ1n) is 12.0. The first kappa shape index (κ1) is 24.7. The average Bonchev–Trinajstić information content (AvgIpc) is 3.42. The number of fused-ring (bicyclic) bond motifs is 2. The Morgan fingerprint density at radius 2 is 2.00 bits per heavy atom. The van der Waals surface area contributed by atoms with Crippen molar-refractivity contribution in [2.75, 3.05) is 19.0 Å². The van der Waals surface area contributed by atoms with Gasteiger partial charge in [-0.15, -0.1) is 11.6 Å². The number of carbonyl (C=O) groups excluding carboxylic acids is 2. The van der Waals surface area contributed by atoms with E-state index in [2.05, 4.69) is 21.8 Å². The minimum atomic E-state index is -0.364. The van der Waals surface area contributed by atoms with Crippen molar-refractivity contribution < 1.29 is 9.59 Å². The number of aryl methyl sites for hydroxylation is 1. The maximum absolute atomic E-state index is 13.5. The molecule has 1 atom stereocenters. The number of amides is 2. The van der Waals surface area contributed by atoms with Crippen molar-refractivity contribution in [2.45, 2.75) is 45.8 Å². The van der Waals surface area contributed by atoms with Gasteiger partial charge >= 0.3 is 0 Å². The molecule has 0 bridgehead atoms. The van der Waals surface area contributed by atoms with Crippen LogP contribution >= 0.6 is 11.6 Å². The van der Waals surface area contributed by atoms with Crippen molar-refractivity contribution in [1.29, 1.82) is 0 Å². The molecule has 0 saturated heterocycles. The largest absolute Gasteiger partial charge is 0.386 e. The number of rotatable bonds is 10. The molecule has 0 spiro atoms. The second-order valence-corrected chi connectivity index (χ2v) is 8.80. The average molecular weight is 495 g/mol. The number of aromatic nitrogens is 2. The number of para-hydroxylation sites is 2. The number of aliphatic imine (C=N–C) groups is 1. The van der Waals surface area contributed by atoms with Crippen LogP contribution in [-0.2, 0) is 13.1 Å². The van der Waals surface area contributed by atoms with E-state index < -0.39 is 0 Å². The van der Waals surface area contributed by atoms with Gasteiger partial charge in [-0.3, -0.25) is 14.6 Å². The minimum Gasteiger partial charge on any atom is -0.386 e. The van der Waals surface area contributed by atoms with Crippen LogP contribution in [0.4, 0.5) is 0 Å². The molecule has 0 saturated carbocycles. The smallest absolute Gasteiger partial charge is 0.255 e. The van der Waals surface area contributed by atoms with E-state index in [0.717, 1.165) is 22.4 Å². The third kappa shape index (κ3) is 5.03.